The van der Waals surface area contributed by atoms with E-state index in [2.05, 4.69) is 0 Å². The average Bonchev–Trinajstić information content (AvgIpc) is 2.19. The summed E-state index contributed by atoms with van der Waals surface area (Å²) in [5.74, 6) is -0.495. The van der Waals surface area contributed by atoms with E-state index in [0.29, 0.717) is 6.61 Å². The highest BCUT2D eigenvalue weighted by molar-refractivity contribution is 5.46. The summed E-state index contributed by atoms with van der Waals surface area (Å²) >= 11 is 0. The minimum Gasteiger partial charge on any atom is -0.492 e. The Morgan fingerprint density at radius 3 is 2.79 bits per heavy atom. The SMILES string of the molecule is CCOc1ccc(CO)c(F)c1C#N. The molecule has 1 aromatic carbocycles. The molecule has 0 saturated carbocycles. The van der Waals surface area contributed by atoms with Crippen molar-refractivity contribution < 1.29 is 14.2 Å². The summed E-state index contributed by atoms with van der Waals surface area (Å²) in [6.45, 7) is 1.69. The second kappa shape index (κ2) is 4.58. The minimum absolute atomic E-state index is 0.102. The molecule has 14 heavy (non-hydrogen) atoms. The lowest BCUT2D eigenvalue weighted by molar-refractivity contribution is 0.274. The molecule has 1 N–H and O–H groups in total. The predicted molar refractivity (Wildman–Crippen MR) is 48.2 cm³/mol. The van der Waals surface area contributed by atoms with Crippen molar-refractivity contribution in [3.05, 3.63) is 29.1 Å². The fourth-order valence-electron chi connectivity index (χ4n) is 1.10. The van der Waals surface area contributed by atoms with Crippen LogP contribution in [0, 0.1) is 17.1 Å². The molecule has 1 rings (SSSR count). The first-order chi connectivity index (χ1) is 6.74. The molecule has 0 spiro atoms. The highest BCUT2D eigenvalue weighted by atomic mass is 19.1. The van der Waals surface area contributed by atoms with Gasteiger partial charge in [-0.25, -0.2) is 4.39 Å². The topological polar surface area (TPSA) is 53.2 Å². The number of rotatable bonds is 3. The van der Waals surface area contributed by atoms with Crippen LogP contribution in [0.1, 0.15) is 18.1 Å². The maximum Gasteiger partial charge on any atom is 0.150 e. The Balaban J connectivity index is 3.23. The standard InChI is InChI=1S/C10H10FNO2/c1-2-14-9-4-3-7(6-13)10(11)8(9)5-12/h3-4,13H,2,6H2,1H3. The summed E-state index contributed by atoms with van der Waals surface area (Å²) in [4.78, 5) is 0. The lowest BCUT2D eigenvalue weighted by Gasteiger charge is -2.07. The molecule has 0 saturated heterocycles. The number of nitrogens with zero attached hydrogens (tertiary/aromatic N) is 1. The van der Waals surface area contributed by atoms with Crippen LogP contribution < -0.4 is 4.74 Å². The molecule has 1 aromatic rings. The van der Waals surface area contributed by atoms with Crippen LogP contribution in [-0.4, -0.2) is 11.7 Å². The maximum atomic E-state index is 13.4. The van der Waals surface area contributed by atoms with Crippen molar-refractivity contribution in [2.75, 3.05) is 6.61 Å². The average molecular weight is 195 g/mol. The van der Waals surface area contributed by atoms with Crippen molar-refractivity contribution in [1.29, 1.82) is 5.26 Å². The monoisotopic (exact) mass is 195 g/mol. The fourth-order valence-corrected chi connectivity index (χ4v) is 1.10. The van der Waals surface area contributed by atoms with E-state index in [1.54, 1.807) is 13.0 Å². The zero-order valence-corrected chi connectivity index (χ0v) is 7.75. The van der Waals surface area contributed by atoms with Crippen molar-refractivity contribution >= 4 is 0 Å². The fraction of sp³-hybridized carbons (Fsp3) is 0.300. The van der Waals surface area contributed by atoms with E-state index in [-0.39, 0.29) is 16.9 Å². The van der Waals surface area contributed by atoms with E-state index in [9.17, 15) is 4.39 Å². The highest BCUT2D eigenvalue weighted by Crippen LogP contribution is 2.23. The molecule has 0 heterocycles. The molecule has 0 aliphatic heterocycles. The number of halogens is 1. The number of aliphatic hydroxyl groups excluding tert-OH is 1. The van der Waals surface area contributed by atoms with Crippen molar-refractivity contribution in [2.45, 2.75) is 13.5 Å². The first kappa shape index (κ1) is 10.5. The third-order valence-electron chi connectivity index (χ3n) is 1.77. The Bertz CT molecular complexity index is 371. The number of hydrogen-bond acceptors (Lipinski definition) is 3. The van der Waals surface area contributed by atoms with Gasteiger partial charge in [-0.15, -0.1) is 0 Å². The Hall–Kier alpha value is -1.60. The van der Waals surface area contributed by atoms with Crippen LogP contribution in [0.4, 0.5) is 4.39 Å². The van der Waals surface area contributed by atoms with Gasteiger partial charge in [-0.05, 0) is 13.0 Å². The molecule has 0 aromatic heterocycles. The Morgan fingerprint density at radius 1 is 1.57 bits per heavy atom. The minimum atomic E-state index is -0.707. The lowest BCUT2D eigenvalue weighted by atomic mass is 10.1. The summed E-state index contributed by atoms with van der Waals surface area (Å²) in [7, 11) is 0. The van der Waals surface area contributed by atoms with Gasteiger partial charge in [-0.3, -0.25) is 0 Å². The summed E-state index contributed by atoms with van der Waals surface area (Å²) in [6, 6.07) is 4.60. The van der Waals surface area contributed by atoms with Gasteiger partial charge in [0.25, 0.3) is 0 Å². The van der Waals surface area contributed by atoms with Gasteiger partial charge >= 0.3 is 0 Å². The molecule has 74 valence electrons. The van der Waals surface area contributed by atoms with Crippen molar-refractivity contribution in [2.24, 2.45) is 0 Å². The Kier molecular flexibility index (Phi) is 3.43. The van der Waals surface area contributed by atoms with Crippen LogP contribution in [0.2, 0.25) is 0 Å². The summed E-state index contributed by atoms with van der Waals surface area (Å²) in [6.07, 6.45) is 0. The summed E-state index contributed by atoms with van der Waals surface area (Å²) < 4.78 is 18.5. The van der Waals surface area contributed by atoms with Crippen molar-refractivity contribution in [1.82, 2.24) is 0 Å². The molecule has 0 radical (unpaired) electrons. The van der Waals surface area contributed by atoms with E-state index in [0.717, 1.165) is 0 Å². The molecule has 0 amide bonds. The molecular formula is C10H10FNO2. The number of nitriles is 1. The first-order valence-electron chi connectivity index (χ1n) is 4.19. The normalized spacial score (nSPS) is 9.57. The summed E-state index contributed by atoms with van der Waals surface area (Å²) in [5, 5.41) is 17.5. The third-order valence-corrected chi connectivity index (χ3v) is 1.77. The first-order valence-corrected chi connectivity index (χ1v) is 4.19. The van der Waals surface area contributed by atoms with Gasteiger partial charge in [0.2, 0.25) is 0 Å². The maximum absolute atomic E-state index is 13.4. The van der Waals surface area contributed by atoms with E-state index in [4.69, 9.17) is 15.1 Å². The van der Waals surface area contributed by atoms with Crippen LogP contribution >= 0.6 is 0 Å². The molecular weight excluding hydrogens is 185 g/mol. The van der Waals surface area contributed by atoms with Crippen LogP contribution in [0.3, 0.4) is 0 Å². The molecule has 0 aliphatic rings. The van der Waals surface area contributed by atoms with Gasteiger partial charge in [0.15, 0.2) is 0 Å². The van der Waals surface area contributed by atoms with Gasteiger partial charge in [0.1, 0.15) is 23.2 Å². The zero-order valence-electron chi connectivity index (χ0n) is 7.75. The Labute approximate surface area is 81.4 Å². The van der Waals surface area contributed by atoms with E-state index in [1.165, 1.54) is 12.1 Å². The highest BCUT2D eigenvalue weighted by Gasteiger charge is 2.13. The predicted octanol–water partition coefficient (Wildman–Crippen LogP) is 1.59. The lowest BCUT2D eigenvalue weighted by Crippen LogP contribution is -2.00. The number of hydrogen-bond donors (Lipinski definition) is 1. The molecule has 0 aliphatic carbocycles. The molecule has 0 fully saturated rings. The van der Waals surface area contributed by atoms with Crippen molar-refractivity contribution in [3.63, 3.8) is 0 Å². The van der Waals surface area contributed by atoms with Crippen LogP contribution in [0.5, 0.6) is 5.75 Å². The van der Waals surface area contributed by atoms with Gasteiger partial charge in [0.05, 0.1) is 13.2 Å². The quantitative estimate of drug-likeness (QED) is 0.796. The zero-order chi connectivity index (χ0) is 10.6. The molecule has 3 nitrogen and oxygen atoms in total. The molecule has 0 unspecified atom stereocenters. The van der Waals surface area contributed by atoms with Gasteiger partial charge in [-0.1, -0.05) is 6.07 Å². The number of aliphatic hydroxyl groups is 1. The van der Waals surface area contributed by atoms with E-state index in [1.807, 2.05) is 0 Å². The second-order valence-corrected chi connectivity index (χ2v) is 2.61. The molecule has 0 atom stereocenters. The van der Waals surface area contributed by atoms with Gasteiger partial charge < -0.3 is 9.84 Å². The van der Waals surface area contributed by atoms with Gasteiger partial charge in [-0.2, -0.15) is 5.26 Å². The third kappa shape index (κ3) is 1.83. The second-order valence-electron chi connectivity index (χ2n) is 2.61. The smallest absolute Gasteiger partial charge is 0.150 e. The van der Waals surface area contributed by atoms with Crippen LogP contribution in [-0.2, 0) is 6.61 Å². The van der Waals surface area contributed by atoms with Gasteiger partial charge in [0, 0.05) is 5.56 Å². The van der Waals surface area contributed by atoms with Crippen molar-refractivity contribution in [3.8, 4) is 11.8 Å². The molecule has 4 heteroatoms. The largest absolute Gasteiger partial charge is 0.492 e. The van der Waals surface area contributed by atoms with E-state index < -0.39 is 12.4 Å². The van der Waals surface area contributed by atoms with Crippen LogP contribution in [0.15, 0.2) is 12.1 Å². The summed E-state index contributed by atoms with van der Waals surface area (Å²) in [5.41, 5.74) is -0.0524. The number of ether oxygens (including phenoxy) is 1. The Morgan fingerprint density at radius 2 is 2.29 bits per heavy atom. The van der Waals surface area contributed by atoms with E-state index >= 15 is 0 Å². The van der Waals surface area contributed by atoms with Crippen LogP contribution in [0.25, 0.3) is 0 Å². The number of benzene rings is 1. The molecule has 0 bridgehead atoms.